The highest BCUT2D eigenvalue weighted by atomic mass is 16.3. The predicted molar refractivity (Wildman–Crippen MR) is 85.5 cm³/mol. The number of likely N-dealkylation sites (tertiary alicyclic amines) is 1. The molecule has 1 aromatic carbocycles. The van der Waals surface area contributed by atoms with Gasteiger partial charge in [-0.15, -0.1) is 0 Å². The molecule has 1 aliphatic heterocycles. The summed E-state index contributed by atoms with van der Waals surface area (Å²) >= 11 is 0. The summed E-state index contributed by atoms with van der Waals surface area (Å²) in [5.74, 6) is 0.462. The second-order valence-electron chi connectivity index (χ2n) is 6.60. The molecule has 1 aromatic rings. The van der Waals surface area contributed by atoms with Crippen molar-refractivity contribution in [3.05, 3.63) is 29.8 Å². The molecule has 1 aliphatic rings. The monoisotopic (exact) mass is 290 g/mol. The summed E-state index contributed by atoms with van der Waals surface area (Å²) in [7, 11) is 0. The number of aliphatic hydroxyl groups is 1. The van der Waals surface area contributed by atoms with Crippen LogP contribution in [0.15, 0.2) is 24.3 Å². The highest BCUT2D eigenvalue weighted by Crippen LogP contribution is 2.21. The van der Waals surface area contributed by atoms with E-state index >= 15 is 0 Å². The van der Waals surface area contributed by atoms with Gasteiger partial charge in [-0.3, -0.25) is 9.69 Å². The van der Waals surface area contributed by atoms with Crippen LogP contribution < -0.4 is 5.32 Å². The van der Waals surface area contributed by atoms with Crippen molar-refractivity contribution in [2.75, 3.05) is 25.0 Å². The molecule has 0 saturated carbocycles. The first-order chi connectivity index (χ1) is 9.85. The maximum absolute atomic E-state index is 12.1. The molecule has 0 bridgehead atoms. The van der Waals surface area contributed by atoms with Gasteiger partial charge >= 0.3 is 0 Å². The topological polar surface area (TPSA) is 52.6 Å². The lowest BCUT2D eigenvalue weighted by molar-refractivity contribution is -0.118. The molecule has 2 N–H and O–H groups in total. The number of carbonyl (C=O) groups excluding carboxylic acids is 1. The third-order valence-electron chi connectivity index (χ3n) is 4.14. The lowest BCUT2D eigenvalue weighted by atomic mass is 9.94. The van der Waals surface area contributed by atoms with Gasteiger partial charge in [-0.05, 0) is 43.4 Å². The minimum atomic E-state index is -0.571. The first-order valence-corrected chi connectivity index (χ1v) is 7.70. The van der Waals surface area contributed by atoms with E-state index in [1.165, 1.54) is 5.56 Å². The molecule has 4 nitrogen and oxygen atoms in total. The minimum Gasteiger partial charge on any atom is -0.390 e. The lowest BCUT2D eigenvalue weighted by Gasteiger charge is -2.35. The van der Waals surface area contributed by atoms with Crippen LogP contribution in [0, 0.1) is 0 Å². The molecule has 0 radical (unpaired) electrons. The highest BCUT2D eigenvalue weighted by molar-refractivity contribution is 5.92. The number of anilines is 1. The van der Waals surface area contributed by atoms with Gasteiger partial charge in [-0.25, -0.2) is 0 Å². The number of piperidine rings is 1. The van der Waals surface area contributed by atoms with Crippen molar-refractivity contribution in [1.82, 2.24) is 4.90 Å². The second-order valence-corrected chi connectivity index (χ2v) is 6.60. The number of nitrogens with zero attached hydrogens (tertiary/aromatic N) is 1. The van der Waals surface area contributed by atoms with E-state index in [-0.39, 0.29) is 5.91 Å². The Bertz CT molecular complexity index is 487. The number of nitrogens with one attached hydrogen (secondary N) is 1. The van der Waals surface area contributed by atoms with E-state index in [1.807, 2.05) is 25.1 Å². The van der Waals surface area contributed by atoms with Crippen LogP contribution in [0.3, 0.4) is 0 Å². The zero-order valence-electron chi connectivity index (χ0n) is 13.2. The Kier molecular flexibility index (Phi) is 5.01. The second kappa shape index (κ2) is 6.58. The Morgan fingerprint density at radius 3 is 2.67 bits per heavy atom. The fourth-order valence-electron chi connectivity index (χ4n) is 2.57. The highest BCUT2D eigenvalue weighted by Gasteiger charge is 2.27. The van der Waals surface area contributed by atoms with E-state index in [9.17, 15) is 9.90 Å². The Labute approximate surface area is 127 Å². The summed E-state index contributed by atoms with van der Waals surface area (Å²) in [4.78, 5) is 14.2. The quantitative estimate of drug-likeness (QED) is 0.896. The fraction of sp³-hybridized carbons (Fsp3) is 0.588. The molecule has 0 spiro atoms. The van der Waals surface area contributed by atoms with Crippen molar-refractivity contribution in [2.45, 2.75) is 45.1 Å². The van der Waals surface area contributed by atoms with Crippen molar-refractivity contribution in [1.29, 1.82) is 0 Å². The third kappa shape index (κ3) is 4.83. The van der Waals surface area contributed by atoms with Gasteiger partial charge < -0.3 is 10.4 Å². The van der Waals surface area contributed by atoms with E-state index < -0.39 is 5.60 Å². The van der Waals surface area contributed by atoms with Gasteiger partial charge in [0.15, 0.2) is 0 Å². The van der Waals surface area contributed by atoms with Crippen molar-refractivity contribution in [2.24, 2.45) is 0 Å². The van der Waals surface area contributed by atoms with Gasteiger partial charge in [-0.2, -0.15) is 0 Å². The smallest absolute Gasteiger partial charge is 0.238 e. The van der Waals surface area contributed by atoms with E-state index in [2.05, 4.69) is 30.1 Å². The summed E-state index contributed by atoms with van der Waals surface area (Å²) in [6.45, 7) is 8.07. The van der Waals surface area contributed by atoms with E-state index in [0.29, 0.717) is 12.5 Å². The molecule has 21 heavy (non-hydrogen) atoms. The van der Waals surface area contributed by atoms with Crippen LogP contribution in [0.2, 0.25) is 0 Å². The van der Waals surface area contributed by atoms with Crippen molar-refractivity contribution in [3.8, 4) is 0 Å². The average molecular weight is 290 g/mol. The number of amides is 1. The third-order valence-corrected chi connectivity index (χ3v) is 4.14. The molecule has 4 heteroatoms. The van der Waals surface area contributed by atoms with Gasteiger partial charge in [-0.1, -0.05) is 26.0 Å². The van der Waals surface area contributed by atoms with Gasteiger partial charge in [0.1, 0.15) is 0 Å². The Morgan fingerprint density at radius 1 is 1.38 bits per heavy atom. The summed E-state index contributed by atoms with van der Waals surface area (Å²) in [5, 5.41) is 12.9. The van der Waals surface area contributed by atoms with Crippen molar-refractivity contribution in [3.63, 3.8) is 0 Å². The average Bonchev–Trinajstić information content (AvgIpc) is 2.41. The first kappa shape index (κ1) is 16.0. The van der Waals surface area contributed by atoms with Crippen LogP contribution >= 0.6 is 0 Å². The summed E-state index contributed by atoms with van der Waals surface area (Å²) in [6, 6.07) is 8.00. The maximum Gasteiger partial charge on any atom is 0.238 e. The molecule has 0 unspecified atom stereocenters. The fourth-order valence-corrected chi connectivity index (χ4v) is 2.57. The normalized spacial score (nSPS) is 18.7. The van der Waals surface area contributed by atoms with Crippen LogP contribution in [0.5, 0.6) is 0 Å². The van der Waals surface area contributed by atoms with Gasteiger partial charge in [0.05, 0.1) is 12.1 Å². The van der Waals surface area contributed by atoms with Gasteiger partial charge in [0, 0.05) is 18.8 Å². The SMILES string of the molecule is CC(C)c1cccc(NC(=O)CN2CCC(C)(O)CC2)c1. The van der Waals surface area contributed by atoms with Crippen LogP contribution in [-0.4, -0.2) is 41.1 Å². The number of hydrogen-bond acceptors (Lipinski definition) is 3. The zero-order chi connectivity index (χ0) is 15.5. The standard InChI is InChI=1S/C17H26N2O2/c1-13(2)14-5-4-6-15(11-14)18-16(20)12-19-9-7-17(3,21)8-10-19/h4-6,11,13,21H,7-10,12H2,1-3H3,(H,18,20). The molecule has 0 atom stereocenters. The van der Waals surface area contributed by atoms with Crippen molar-refractivity contribution >= 4 is 11.6 Å². The Balaban J connectivity index is 1.86. The summed E-state index contributed by atoms with van der Waals surface area (Å²) in [5.41, 5.74) is 1.51. The molecule has 0 aromatic heterocycles. The molecule has 2 rings (SSSR count). The number of benzene rings is 1. The number of hydrogen-bond donors (Lipinski definition) is 2. The largest absolute Gasteiger partial charge is 0.390 e. The molecular formula is C17H26N2O2. The molecule has 0 aliphatic carbocycles. The predicted octanol–water partition coefficient (Wildman–Crippen LogP) is 2.60. The van der Waals surface area contributed by atoms with Crippen LogP contribution in [0.4, 0.5) is 5.69 Å². The lowest BCUT2D eigenvalue weighted by Crippen LogP contribution is -2.45. The van der Waals surface area contributed by atoms with Gasteiger partial charge in [0.25, 0.3) is 0 Å². The van der Waals surface area contributed by atoms with Crippen molar-refractivity contribution < 1.29 is 9.90 Å². The molecule has 1 heterocycles. The molecule has 116 valence electrons. The van der Waals surface area contributed by atoms with Crippen LogP contribution in [-0.2, 0) is 4.79 Å². The molecular weight excluding hydrogens is 264 g/mol. The Morgan fingerprint density at radius 2 is 2.05 bits per heavy atom. The van der Waals surface area contributed by atoms with Crippen LogP contribution in [0.25, 0.3) is 0 Å². The van der Waals surface area contributed by atoms with Crippen LogP contribution in [0.1, 0.15) is 45.1 Å². The molecule has 1 fully saturated rings. The summed E-state index contributed by atoms with van der Waals surface area (Å²) < 4.78 is 0. The minimum absolute atomic E-state index is 0.0115. The van der Waals surface area contributed by atoms with E-state index in [1.54, 1.807) is 0 Å². The van der Waals surface area contributed by atoms with Gasteiger partial charge in [0.2, 0.25) is 5.91 Å². The van der Waals surface area contributed by atoms with E-state index in [4.69, 9.17) is 0 Å². The maximum atomic E-state index is 12.1. The zero-order valence-corrected chi connectivity index (χ0v) is 13.2. The van der Waals surface area contributed by atoms with E-state index in [0.717, 1.165) is 31.6 Å². The summed E-state index contributed by atoms with van der Waals surface area (Å²) in [6.07, 6.45) is 1.45. The Hall–Kier alpha value is -1.39. The first-order valence-electron chi connectivity index (χ1n) is 7.70. The number of rotatable bonds is 4. The molecule has 1 amide bonds. The number of carbonyl (C=O) groups is 1. The molecule has 1 saturated heterocycles.